The van der Waals surface area contributed by atoms with Crippen molar-refractivity contribution in [1.29, 1.82) is 0 Å². The molecule has 5 nitrogen and oxygen atoms in total. The summed E-state index contributed by atoms with van der Waals surface area (Å²) in [7, 11) is 3.39. The molecule has 0 amide bonds. The summed E-state index contributed by atoms with van der Waals surface area (Å²) in [6, 6.07) is -0.155. The Morgan fingerprint density at radius 3 is 2.48 bits per heavy atom. The summed E-state index contributed by atoms with van der Waals surface area (Å²) in [6.07, 6.45) is -0.0873. The molecule has 0 spiro atoms. The molecule has 0 bridgehead atoms. The van der Waals surface area contributed by atoms with Gasteiger partial charge in [0, 0.05) is 33.3 Å². The molecule has 2 unspecified atom stereocenters. The predicted molar refractivity (Wildman–Crippen MR) is 113 cm³/mol. The molecular weight excluding hydrogens is 472 g/mol. The van der Waals surface area contributed by atoms with Crippen LogP contribution in [0.5, 0.6) is 0 Å². The molecule has 1 saturated heterocycles. The Labute approximate surface area is 177 Å². The average Bonchev–Trinajstić information content (AvgIpc) is 2.64. The van der Waals surface area contributed by atoms with E-state index in [0.29, 0.717) is 18.3 Å². The van der Waals surface area contributed by atoms with Crippen LogP contribution in [-0.4, -0.2) is 70.0 Å². The molecule has 2 N–H and O–H groups in total. The first kappa shape index (κ1) is 24.7. The summed E-state index contributed by atoms with van der Waals surface area (Å²) < 4.78 is 44.0. The highest BCUT2D eigenvalue weighted by Crippen LogP contribution is 2.37. The summed E-state index contributed by atoms with van der Waals surface area (Å²) in [6.45, 7) is 4.68. The minimum Gasteiger partial charge on any atom is -0.383 e. The lowest BCUT2D eigenvalue weighted by Gasteiger charge is -2.33. The molecule has 2 fully saturated rings. The molecule has 9 heteroatoms. The highest BCUT2D eigenvalue weighted by molar-refractivity contribution is 14.0. The smallest absolute Gasteiger partial charge is 0.383 e. The SMILES string of the molecule is CN=C(NCC1CCN(CCOC)CC1)NC1CCCC(C(F)(F)F)C1.I. The number of ether oxygens (including phenoxy) is 1. The van der Waals surface area contributed by atoms with Crippen LogP contribution in [0.25, 0.3) is 0 Å². The number of methoxy groups -OCH3 is 1. The van der Waals surface area contributed by atoms with Gasteiger partial charge in [-0.2, -0.15) is 13.2 Å². The van der Waals surface area contributed by atoms with Gasteiger partial charge in [-0.15, -0.1) is 24.0 Å². The second kappa shape index (κ2) is 12.3. The van der Waals surface area contributed by atoms with Crippen LogP contribution in [0.4, 0.5) is 13.2 Å². The summed E-state index contributed by atoms with van der Waals surface area (Å²) in [5.41, 5.74) is 0. The van der Waals surface area contributed by atoms with Gasteiger partial charge in [0.05, 0.1) is 12.5 Å². The average molecular weight is 506 g/mol. The van der Waals surface area contributed by atoms with E-state index in [1.807, 2.05) is 0 Å². The molecule has 0 aromatic rings. The van der Waals surface area contributed by atoms with E-state index in [2.05, 4.69) is 20.5 Å². The minimum atomic E-state index is -4.09. The molecule has 0 radical (unpaired) electrons. The van der Waals surface area contributed by atoms with E-state index in [1.165, 1.54) is 0 Å². The number of halogens is 4. The lowest BCUT2D eigenvalue weighted by Crippen LogP contribution is -2.48. The molecule has 1 saturated carbocycles. The molecule has 2 aliphatic rings. The van der Waals surface area contributed by atoms with Gasteiger partial charge in [-0.1, -0.05) is 6.42 Å². The molecule has 1 aliphatic heterocycles. The third-order valence-corrected chi connectivity index (χ3v) is 5.58. The van der Waals surface area contributed by atoms with Crippen LogP contribution in [0.1, 0.15) is 38.5 Å². The Morgan fingerprint density at radius 1 is 1.19 bits per heavy atom. The summed E-state index contributed by atoms with van der Waals surface area (Å²) in [5.74, 6) is 0.00421. The highest BCUT2D eigenvalue weighted by Gasteiger charge is 2.42. The number of likely N-dealkylation sites (tertiary alicyclic amines) is 1. The largest absolute Gasteiger partial charge is 0.391 e. The van der Waals surface area contributed by atoms with Crippen molar-refractivity contribution >= 4 is 29.9 Å². The predicted octanol–water partition coefficient (Wildman–Crippen LogP) is 3.25. The maximum atomic E-state index is 12.9. The van der Waals surface area contributed by atoms with Crippen LogP contribution in [-0.2, 0) is 4.74 Å². The second-order valence-electron chi connectivity index (χ2n) is 7.48. The van der Waals surface area contributed by atoms with Gasteiger partial charge < -0.3 is 20.3 Å². The molecule has 2 atom stereocenters. The Morgan fingerprint density at radius 2 is 1.89 bits per heavy atom. The van der Waals surface area contributed by atoms with E-state index in [0.717, 1.165) is 52.0 Å². The molecule has 27 heavy (non-hydrogen) atoms. The first-order chi connectivity index (χ1) is 12.4. The van der Waals surface area contributed by atoms with Crippen LogP contribution in [0.15, 0.2) is 4.99 Å². The van der Waals surface area contributed by atoms with Crippen molar-refractivity contribution in [2.75, 3.05) is 46.9 Å². The number of guanidine groups is 1. The van der Waals surface area contributed by atoms with Crippen molar-refractivity contribution in [3.63, 3.8) is 0 Å². The summed E-state index contributed by atoms with van der Waals surface area (Å²) >= 11 is 0. The van der Waals surface area contributed by atoms with Gasteiger partial charge in [-0.25, -0.2) is 0 Å². The Bertz CT molecular complexity index is 443. The number of aliphatic imine (C=N–C) groups is 1. The Kier molecular flexibility index (Phi) is 11.3. The van der Waals surface area contributed by atoms with Gasteiger partial charge in [-0.05, 0) is 51.1 Å². The van der Waals surface area contributed by atoms with E-state index >= 15 is 0 Å². The zero-order valence-electron chi connectivity index (χ0n) is 16.4. The summed E-state index contributed by atoms with van der Waals surface area (Å²) in [4.78, 5) is 6.60. The van der Waals surface area contributed by atoms with Crippen molar-refractivity contribution in [3.05, 3.63) is 0 Å². The third kappa shape index (κ3) is 8.72. The highest BCUT2D eigenvalue weighted by atomic mass is 127. The van der Waals surface area contributed by atoms with Gasteiger partial charge in [-0.3, -0.25) is 4.99 Å². The molecule has 0 aromatic heterocycles. The number of nitrogens with one attached hydrogen (secondary N) is 2. The van der Waals surface area contributed by atoms with Gasteiger partial charge >= 0.3 is 6.18 Å². The van der Waals surface area contributed by atoms with Crippen LogP contribution in [0.3, 0.4) is 0 Å². The molecule has 1 heterocycles. The van der Waals surface area contributed by atoms with Crippen LogP contribution < -0.4 is 10.6 Å². The van der Waals surface area contributed by atoms with Gasteiger partial charge in [0.2, 0.25) is 0 Å². The maximum Gasteiger partial charge on any atom is 0.391 e. The number of nitrogens with zero attached hydrogens (tertiary/aromatic N) is 2. The maximum absolute atomic E-state index is 12.9. The van der Waals surface area contributed by atoms with E-state index in [9.17, 15) is 13.2 Å². The lowest BCUT2D eigenvalue weighted by atomic mass is 9.85. The fourth-order valence-electron chi connectivity index (χ4n) is 3.88. The number of hydrogen-bond donors (Lipinski definition) is 2. The van der Waals surface area contributed by atoms with Crippen molar-refractivity contribution in [3.8, 4) is 0 Å². The number of rotatable bonds is 6. The van der Waals surface area contributed by atoms with Gasteiger partial charge in [0.1, 0.15) is 0 Å². The van der Waals surface area contributed by atoms with Crippen molar-refractivity contribution in [2.24, 2.45) is 16.8 Å². The summed E-state index contributed by atoms with van der Waals surface area (Å²) in [5, 5.41) is 6.51. The van der Waals surface area contributed by atoms with Gasteiger partial charge in [0.25, 0.3) is 0 Å². The van der Waals surface area contributed by atoms with Gasteiger partial charge in [0.15, 0.2) is 5.96 Å². The zero-order chi connectivity index (χ0) is 19.0. The fourth-order valence-corrected chi connectivity index (χ4v) is 3.88. The van der Waals surface area contributed by atoms with E-state index in [-0.39, 0.29) is 42.9 Å². The number of alkyl halides is 3. The minimum absolute atomic E-state index is 0. The number of hydrogen-bond acceptors (Lipinski definition) is 3. The first-order valence-electron chi connectivity index (χ1n) is 9.67. The normalized spacial score (nSPS) is 25.7. The van der Waals surface area contributed by atoms with E-state index in [4.69, 9.17) is 4.74 Å². The lowest BCUT2D eigenvalue weighted by molar-refractivity contribution is -0.183. The molecule has 0 aromatic carbocycles. The van der Waals surface area contributed by atoms with Crippen LogP contribution in [0.2, 0.25) is 0 Å². The fraction of sp³-hybridized carbons (Fsp3) is 0.944. The Balaban J connectivity index is 0.00000364. The van der Waals surface area contributed by atoms with Crippen molar-refractivity contribution in [1.82, 2.24) is 15.5 Å². The molecular formula is C18H34F3IN4O. The molecule has 1 aliphatic carbocycles. The topological polar surface area (TPSA) is 48.9 Å². The molecule has 2 rings (SSSR count). The third-order valence-electron chi connectivity index (χ3n) is 5.58. The zero-order valence-corrected chi connectivity index (χ0v) is 18.7. The van der Waals surface area contributed by atoms with Crippen molar-refractivity contribution in [2.45, 2.75) is 50.7 Å². The monoisotopic (exact) mass is 506 g/mol. The number of piperidine rings is 1. The van der Waals surface area contributed by atoms with E-state index < -0.39 is 12.1 Å². The van der Waals surface area contributed by atoms with Crippen LogP contribution >= 0.6 is 24.0 Å². The second-order valence-corrected chi connectivity index (χ2v) is 7.48. The standard InChI is InChI=1S/C18H33F3N4O.HI/c1-22-17(24-16-5-3-4-15(12-16)18(19,20)21)23-13-14-6-8-25(9-7-14)10-11-26-2;/h14-16H,3-13H2,1-2H3,(H2,22,23,24);1H. The Hall–Kier alpha value is -0.290. The van der Waals surface area contributed by atoms with E-state index in [1.54, 1.807) is 14.2 Å². The van der Waals surface area contributed by atoms with Crippen molar-refractivity contribution < 1.29 is 17.9 Å². The quantitative estimate of drug-likeness (QED) is 0.330. The molecule has 160 valence electrons. The van der Waals surface area contributed by atoms with Crippen LogP contribution in [0, 0.1) is 11.8 Å². The first-order valence-corrected chi connectivity index (χ1v) is 9.67.